The van der Waals surface area contributed by atoms with Gasteiger partial charge in [-0.25, -0.2) is 5.43 Å². The third kappa shape index (κ3) is 8.09. The second-order valence-corrected chi connectivity index (χ2v) is 5.48. The van der Waals surface area contributed by atoms with E-state index in [1.54, 1.807) is 18.2 Å². The highest BCUT2D eigenvalue weighted by Crippen LogP contribution is 2.15. The number of benzene rings is 1. The van der Waals surface area contributed by atoms with E-state index in [9.17, 15) is 14.9 Å². The van der Waals surface area contributed by atoms with Gasteiger partial charge in [-0.2, -0.15) is 5.10 Å². The van der Waals surface area contributed by atoms with E-state index >= 15 is 0 Å². The molecule has 1 aromatic rings. The Labute approximate surface area is 137 Å². The summed E-state index contributed by atoms with van der Waals surface area (Å²) in [6.07, 6.45) is 9.80. The van der Waals surface area contributed by atoms with Crippen molar-refractivity contribution in [3.05, 3.63) is 39.9 Å². The van der Waals surface area contributed by atoms with Crippen molar-refractivity contribution >= 4 is 17.8 Å². The second kappa shape index (κ2) is 11.3. The van der Waals surface area contributed by atoms with E-state index in [2.05, 4.69) is 17.5 Å². The zero-order valence-corrected chi connectivity index (χ0v) is 13.7. The van der Waals surface area contributed by atoms with Crippen molar-refractivity contribution in [2.45, 2.75) is 58.3 Å². The minimum absolute atomic E-state index is 0.0300. The summed E-state index contributed by atoms with van der Waals surface area (Å²) in [5.41, 5.74) is 2.76. The molecule has 0 aliphatic rings. The van der Waals surface area contributed by atoms with Crippen molar-refractivity contribution in [1.29, 1.82) is 0 Å². The number of unbranched alkanes of at least 4 members (excludes halogenated alkanes) is 6. The number of nitro groups is 1. The molecule has 0 aliphatic carbocycles. The van der Waals surface area contributed by atoms with Crippen molar-refractivity contribution in [3.63, 3.8) is 0 Å². The van der Waals surface area contributed by atoms with Crippen LogP contribution in [0.2, 0.25) is 0 Å². The summed E-state index contributed by atoms with van der Waals surface area (Å²) in [7, 11) is 0. The van der Waals surface area contributed by atoms with E-state index in [4.69, 9.17) is 0 Å². The Hall–Kier alpha value is -2.24. The van der Waals surface area contributed by atoms with Crippen LogP contribution in [0.15, 0.2) is 29.4 Å². The summed E-state index contributed by atoms with van der Waals surface area (Å²) in [5, 5.41) is 14.6. The van der Waals surface area contributed by atoms with Gasteiger partial charge in [0.05, 0.1) is 16.7 Å². The number of nitrogens with one attached hydrogen (secondary N) is 1. The number of nitro benzene ring substituents is 1. The average molecular weight is 319 g/mol. The molecule has 6 nitrogen and oxygen atoms in total. The smallest absolute Gasteiger partial charge is 0.273 e. The third-order valence-electron chi connectivity index (χ3n) is 3.53. The maximum absolute atomic E-state index is 11.6. The predicted octanol–water partition coefficient (Wildman–Crippen LogP) is 4.19. The van der Waals surface area contributed by atoms with Gasteiger partial charge in [0.15, 0.2) is 0 Å². The van der Waals surface area contributed by atoms with Crippen LogP contribution >= 0.6 is 0 Å². The van der Waals surface area contributed by atoms with E-state index in [0.29, 0.717) is 12.0 Å². The van der Waals surface area contributed by atoms with Crippen molar-refractivity contribution < 1.29 is 9.72 Å². The lowest BCUT2D eigenvalue weighted by Crippen LogP contribution is -2.17. The van der Waals surface area contributed by atoms with Gasteiger partial charge in [-0.15, -0.1) is 0 Å². The quantitative estimate of drug-likeness (QED) is 0.287. The highest BCUT2D eigenvalue weighted by molar-refractivity contribution is 5.86. The summed E-state index contributed by atoms with van der Waals surface area (Å²) in [6, 6.07) is 6.27. The number of carbonyl (C=O) groups excluding carboxylic acids is 1. The van der Waals surface area contributed by atoms with Crippen molar-refractivity contribution in [3.8, 4) is 0 Å². The number of hydrogen-bond donors (Lipinski definition) is 1. The normalized spacial score (nSPS) is 10.8. The molecule has 0 saturated heterocycles. The van der Waals surface area contributed by atoms with Crippen LogP contribution in [0.25, 0.3) is 0 Å². The van der Waals surface area contributed by atoms with Crippen LogP contribution < -0.4 is 5.43 Å². The fourth-order valence-corrected chi connectivity index (χ4v) is 2.24. The molecule has 0 unspecified atom stereocenters. The number of nitrogens with zero attached hydrogens (tertiary/aromatic N) is 2. The summed E-state index contributed by atoms with van der Waals surface area (Å²) >= 11 is 0. The van der Waals surface area contributed by atoms with Gasteiger partial charge in [-0.1, -0.05) is 57.6 Å². The van der Waals surface area contributed by atoms with Crippen LogP contribution in [0.5, 0.6) is 0 Å². The van der Waals surface area contributed by atoms with E-state index in [1.807, 2.05) is 0 Å². The molecule has 1 amide bonds. The lowest BCUT2D eigenvalue weighted by molar-refractivity contribution is -0.385. The van der Waals surface area contributed by atoms with Gasteiger partial charge in [0.1, 0.15) is 0 Å². The molecule has 0 aliphatic heterocycles. The first kappa shape index (κ1) is 18.8. The highest BCUT2D eigenvalue weighted by atomic mass is 16.6. The molecule has 0 atom stereocenters. The first-order valence-electron chi connectivity index (χ1n) is 8.20. The molecular weight excluding hydrogens is 294 g/mol. The summed E-state index contributed by atoms with van der Waals surface area (Å²) in [6.45, 7) is 2.19. The van der Waals surface area contributed by atoms with Gasteiger partial charge in [-0.05, 0) is 12.5 Å². The van der Waals surface area contributed by atoms with E-state index in [1.165, 1.54) is 38.0 Å². The molecule has 126 valence electrons. The standard InChI is InChI=1S/C17H25N3O3/c1-2-3-4-5-6-7-8-13-17(21)19-18-14-15-11-9-10-12-16(15)20(22)23/h9-12,14H,2-8,13H2,1H3,(H,19,21). The lowest BCUT2D eigenvalue weighted by Gasteiger charge is -2.01. The van der Waals surface area contributed by atoms with Gasteiger partial charge in [-0.3, -0.25) is 14.9 Å². The van der Waals surface area contributed by atoms with Crippen LogP contribution in [-0.4, -0.2) is 17.0 Å². The Morgan fingerprint density at radius 2 is 1.83 bits per heavy atom. The zero-order valence-electron chi connectivity index (χ0n) is 13.7. The van der Waals surface area contributed by atoms with Gasteiger partial charge in [0.2, 0.25) is 5.91 Å². The molecule has 0 aromatic heterocycles. The maximum Gasteiger partial charge on any atom is 0.278 e. The molecule has 0 radical (unpaired) electrons. The number of amides is 1. The van der Waals surface area contributed by atoms with E-state index in [-0.39, 0.29) is 11.6 Å². The fourth-order valence-electron chi connectivity index (χ4n) is 2.24. The van der Waals surface area contributed by atoms with Gasteiger partial charge in [0, 0.05) is 12.5 Å². The van der Waals surface area contributed by atoms with Crippen LogP contribution in [0.4, 0.5) is 5.69 Å². The van der Waals surface area contributed by atoms with Crippen LogP contribution in [-0.2, 0) is 4.79 Å². The number of para-hydroxylation sites is 1. The summed E-state index contributed by atoms with van der Waals surface area (Å²) in [5.74, 6) is -0.159. The Balaban J connectivity index is 2.24. The SMILES string of the molecule is CCCCCCCCCC(=O)NN=Cc1ccccc1[N+](=O)[O-]. The summed E-state index contributed by atoms with van der Waals surface area (Å²) in [4.78, 5) is 22.0. The molecule has 23 heavy (non-hydrogen) atoms. The molecule has 0 saturated carbocycles. The lowest BCUT2D eigenvalue weighted by atomic mass is 10.1. The van der Waals surface area contributed by atoms with Crippen molar-refractivity contribution in [1.82, 2.24) is 5.43 Å². The number of hydrazone groups is 1. The van der Waals surface area contributed by atoms with Crippen LogP contribution in [0, 0.1) is 10.1 Å². The monoisotopic (exact) mass is 319 g/mol. The zero-order chi connectivity index (χ0) is 16.9. The molecule has 1 aromatic carbocycles. The molecule has 0 heterocycles. The largest absolute Gasteiger partial charge is 0.278 e. The number of carbonyl (C=O) groups is 1. The minimum atomic E-state index is -0.471. The minimum Gasteiger partial charge on any atom is -0.273 e. The molecule has 6 heteroatoms. The molecular formula is C17H25N3O3. The third-order valence-corrected chi connectivity index (χ3v) is 3.53. The van der Waals surface area contributed by atoms with E-state index in [0.717, 1.165) is 19.3 Å². The molecule has 0 fully saturated rings. The second-order valence-electron chi connectivity index (χ2n) is 5.48. The Morgan fingerprint density at radius 1 is 1.17 bits per heavy atom. The van der Waals surface area contributed by atoms with Gasteiger partial charge >= 0.3 is 0 Å². The predicted molar refractivity (Wildman–Crippen MR) is 91.4 cm³/mol. The maximum atomic E-state index is 11.6. The molecule has 0 spiro atoms. The number of rotatable bonds is 11. The molecule has 1 N–H and O–H groups in total. The fraction of sp³-hybridized carbons (Fsp3) is 0.529. The molecule has 1 rings (SSSR count). The van der Waals surface area contributed by atoms with Crippen LogP contribution in [0.1, 0.15) is 63.9 Å². The highest BCUT2D eigenvalue weighted by Gasteiger charge is 2.09. The summed E-state index contributed by atoms with van der Waals surface area (Å²) < 4.78 is 0. The van der Waals surface area contributed by atoms with Gasteiger partial charge < -0.3 is 0 Å². The van der Waals surface area contributed by atoms with Crippen LogP contribution in [0.3, 0.4) is 0 Å². The Morgan fingerprint density at radius 3 is 2.52 bits per heavy atom. The van der Waals surface area contributed by atoms with E-state index < -0.39 is 4.92 Å². The van der Waals surface area contributed by atoms with Crippen molar-refractivity contribution in [2.75, 3.05) is 0 Å². The average Bonchev–Trinajstić information content (AvgIpc) is 2.54. The van der Waals surface area contributed by atoms with Crippen molar-refractivity contribution in [2.24, 2.45) is 5.10 Å². The Bertz CT molecular complexity index is 530. The van der Waals surface area contributed by atoms with Gasteiger partial charge in [0.25, 0.3) is 5.69 Å². The first-order valence-corrected chi connectivity index (χ1v) is 8.20. The number of hydrogen-bond acceptors (Lipinski definition) is 4. The topological polar surface area (TPSA) is 84.6 Å². The molecule has 0 bridgehead atoms. The first-order chi connectivity index (χ1) is 11.1. The Kier molecular flexibility index (Phi) is 9.28.